The molecule has 0 aromatic carbocycles. The van der Waals surface area contributed by atoms with Crippen LogP contribution < -0.4 is 0 Å². The van der Waals surface area contributed by atoms with Crippen molar-refractivity contribution in [1.29, 1.82) is 0 Å². The van der Waals surface area contributed by atoms with Crippen LogP contribution in [-0.4, -0.2) is 34.7 Å². The van der Waals surface area contributed by atoms with Gasteiger partial charge in [0.25, 0.3) is 0 Å². The van der Waals surface area contributed by atoms with Crippen molar-refractivity contribution in [3.63, 3.8) is 0 Å². The second kappa shape index (κ2) is 2.08. The van der Waals surface area contributed by atoms with Gasteiger partial charge in [0.15, 0.2) is 0 Å². The molecule has 2 aliphatic rings. The highest BCUT2D eigenvalue weighted by Crippen LogP contribution is 2.41. The Kier molecular flexibility index (Phi) is 1.38. The Bertz CT molecular complexity index is 202. The Hall–Kier alpha value is -0.340. The van der Waals surface area contributed by atoms with E-state index in [0.717, 1.165) is 25.9 Å². The number of nitrogens with zero attached hydrogens (tertiary/aromatic N) is 1. The SMILES string of the molecule is C=C1CCN2C[C@@H](O)C[C@]12C. The summed E-state index contributed by atoms with van der Waals surface area (Å²) >= 11 is 0. The molecule has 0 spiro atoms. The van der Waals surface area contributed by atoms with Gasteiger partial charge >= 0.3 is 0 Å². The lowest BCUT2D eigenvalue weighted by molar-refractivity contribution is 0.177. The van der Waals surface area contributed by atoms with E-state index in [4.69, 9.17) is 0 Å². The average molecular weight is 153 g/mol. The van der Waals surface area contributed by atoms with E-state index in [0.29, 0.717) is 0 Å². The summed E-state index contributed by atoms with van der Waals surface area (Å²) in [6.07, 6.45) is 1.87. The summed E-state index contributed by atoms with van der Waals surface area (Å²) in [6.45, 7) is 8.18. The second-order valence-electron chi connectivity index (χ2n) is 3.93. The summed E-state index contributed by atoms with van der Waals surface area (Å²) in [7, 11) is 0. The fourth-order valence-electron chi connectivity index (χ4n) is 2.35. The Morgan fingerprint density at radius 1 is 1.73 bits per heavy atom. The molecule has 1 N–H and O–H groups in total. The zero-order valence-electron chi connectivity index (χ0n) is 7.01. The van der Waals surface area contributed by atoms with E-state index in [1.165, 1.54) is 5.57 Å². The summed E-state index contributed by atoms with van der Waals surface area (Å²) < 4.78 is 0. The normalized spacial score (nSPS) is 44.9. The Morgan fingerprint density at radius 2 is 2.45 bits per heavy atom. The summed E-state index contributed by atoms with van der Waals surface area (Å²) in [4.78, 5) is 2.35. The first kappa shape index (κ1) is 7.32. The topological polar surface area (TPSA) is 23.5 Å². The van der Waals surface area contributed by atoms with E-state index >= 15 is 0 Å². The number of fused-ring (bicyclic) bond motifs is 1. The maximum atomic E-state index is 9.44. The van der Waals surface area contributed by atoms with Crippen LogP contribution in [0.1, 0.15) is 19.8 Å². The van der Waals surface area contributed by atoms with E-state index in [2.05, 4.69) is 18.4 Å². The number of hydrogen-bond donors (Lipinski definition) is 1. The molecule has 0 aromatic heterocycles. The summed E-state index contributed by atoms with van der Waals surface area (Å²) in [5.41, 5.74) is 1.42. The van der Waals surface area contributed by atoms with Crippen LogP contribution >= 0.6 is 0 Å². The van der Waals surface area contributed by atoms with Crippen molar-refractivity contribution < 1.29 is 5.11 Å². The third-order valence-electron chi connectivity index (χ3n) is 3.21. The molecule has 62 valence electrons. The maximum Gasteiger partial charge on any atom is 0.0688 e. The molecule has 0 aliphatic carbocycles. The van der Waals surface area contributed by atoms with Crippen LogP contribution in [0.15, 0.2) is 12.2 Å². The van der Waals surface area contributed by atoms with Gasteiger partial charge in [-0.2, -0.15) is 0 Å². The van der Waals surface area contributed by atoms with E-state index in [1.54, 1.807) is 0 Å². The van der Waals surface area contributed by atoms with Crippen molar-refractivity contribution in [1.82, 2.24) is 4.90 Å². The number of hydrogen-bond acceptors (Lipinski definition) is 2. The zero-order chi connectivity index (χ0) is 8.06. The fraction of sp³-hybridized carbons (Fsp3) is 0.778. The Balaban J connectivity index is 2.26. The van der Waals surface area contributed by atoms with Gasteiger partial charge in [-0.3, -0.25) is 4.90 Å². The van der Waals surface area contributed by atoms with Crippen LogP contribution in [0.25, 0.3) is 0 Å². The molecule has 0 unspecified atom stereocenters. The molecule has 2 nitrogen and oxygen atoms in total. The van der Waals surface area contributed by atoms with E-state index < -0.39 is 0 Å². The predicted octanol–water partition coefficient (Wildman–Crippen LogP) is 0.772. The van der Waals surface area contributed by atoms with Gasteiger partial charge < -0.3 is 5.11 Å². The average Bonchev–Trinajstić information content (AvgIpc) is 2.32. The van der Waals surface area contributed by atoms with Gasteiger partial charge in [0.1, 0.15) is 0 Å². The lowest BCUT2D eigenvalue weighted by atomic mass is 9.92. The molecular weight excluding hydrogens is 138 g/mol. The highest BCUT2D eigenvalue weighted by molar-refractivity contribution is 5.24. The number of rotatable bonds is 0. The fourth-order valence-corrected chi connectivity index (χ4v) is 2.35. The standard InChI is InChI=1S/C9H15NO/c1-7-3-4-10-6-8(11)5-9(7,10)2/h8,11H,1,3-6H2,2H3/t8-,9+/m0/s1. The van der Waals surface area contributed by atoms with Gasteiger partial charge in [0.05, 0.1) is 6.10 Å². The van der Waals surface area contributed by atoms with Gasteiger partial charge in [0.2, 0.25) is 0 Å². The van der Waals surface area contributed by atoms with Crippen LogP contribution in [0.2, 0.25) is 0 Å². The van der Waals surface area contributed by atoms with Crippen LogP contribution in [0.4, 0.5) is 0 Å². The van der Waals surface area contributed by atoms with Crippen LogP contribution in [0.3, 0.4) is 0 Å². The van der Waals surface area contributed by atoms with Crippen LogP contribution in [-0.2, 0) is 0 Å². The zero-order valence-corrected chi connectivity index (χ0v) is 7.01. The number of aliphatic hydroxyl groups is 1. The Morgan fingerprint density at radius 3 is 3.09 bits per heavy atom. The molecule has 0 aromatic rings. The molecule has 2 aliphatic heterocycles. The van der Waals surface area contributed by atoms with Crippen LogP contribution in [0.5, 0.6) is 0 Å². The van der Waals surface area contributed by atoms with E-state index in [9.17, 15) is 5.11 Å². The molecule has 2 rings (SSSR count). The van der Waals surface area contributed by atoms with Crippen molar-refractivity contribution in [2.75, 3.05) is 13.1 Å². The predicted molar refractivity (Wildman–Crippen MR) is 44.4 cm³/mol. The molecule has 2 heterocycles. The molecule has 2 heteroatoms. The minimum Gasteiger partial charge on any atom is -0.392 e. The highest BCUT2D eigenvalue weighted by Gasteiger charge is 2.46. The molecule has 0 saturated carbocycles. The van der Waals surface area contributed by atoms with E-state index in [-0.39, 0.29) is 11.6 Å². The first-order valence-corrected chi connectivity index (χ1v) is 4.24. The van der Waals surface area contributed by atoms with Gasteiger partial charge in [-0.05, 0) is 19.8 Å². The largest absolute Gasteiger partial charge is 0.392 e. The minimum absolute atomic E-state index is 0.124. The van der Waals surface area contributed by atoms with Gasteiger partial charge in [0, 0.05) is 18.6 Å². The summed E-state index contributed by atoms with van der Waals surface area (Å²) in [6, 6.07) is 0. The quantitative estimate of drug-likeness (QED) is 0.520. The van der Waals surface area contributed by atoms with Crippen molar-refractivity contribution in [2.45, 2.75) is 31.4 Å². The van der Waals surface area contributed by atoms with Crippen LogP contribution in [0, 0.1) is 0 Å². The Labute approximate surface area is 67.5 Å². The third kappa shape index (κ3) is 0.861. The first-order valence-electron chi connectivity index (χ1n) is 4.24. The lowest BCUT2D eigenvalue weighted by Crippen LogP contribution is -2.35. The molecule has 11 heavy (non-hydrogen) atoms. The molecule has 2 saturated heterocycles. The van der Waals surface area contributed by atoms with Crippen molar-refractivity contribution >= 4 is 0 Å². The lowest BCUT2D eigenvalue weighted by Gasteiger charge is -2.27. The molecule has 0 bridgehead atoms. The third-order valence-corrected chi connectivity index (χ3v) is 3.21. The smallest absolute Gasteiger partial charge is 0.0688 e. The van der Waals surface area contributed by atoms with Gasteiger partial charge in [-0.1, -0.05) is 12.2 Å². The molecular formula is C9H15NO. The van der Waals surface area contributed by atoms with Crippen molar-refractivity contribution in [3.8, 4) is 0 Å². The first-order chi connectivity index (χ1) is 5.13. The number of aliphatic hydroxyl groups excluding tert-OH is 1. The van der Waals surface area contributed by atoms with E-state index in [1.807, 2.05) is 0 Å². The molecule has 2 atom stereocenters. The van der Waals surface area contributed by atoms with Crippen molar-refractivity contribution in [3.05, 3.63) is 12.2 Å². The summed E-state index contributed by atoms with van der Waals surface area (Å²) in [5.74, 6) is 0. The second-order valence-corrected chi connectivity index (χ2v) is 3.93. The monoisotopic (exact) mass is 153 g/mol. The minimum atomic E-state index is -0.128. The van der Waals surface area contributed by atoms with Gasteiger partial charge in [-0.25, -0.2) is 0 Å². The number of β-amino-alcohol motifs (C(OH)–C–C–N with tert-alkyl or cyclic N) is 1. The summed E-state index contributed by atoms with van der Waals surface area (Å²) in [5, 5.41) is 9.44. The molecule has 2 fully saturated rings. The molecule has 0 amide bonds. The van der Waals surface area contributed by atoms with Crippen molar-refractivity contribution in [2.24, 2.45) is 0 Å². The maximum absolute atomic E-state index is 9.44. The van der Waals surface area contributed by atoms with Gasteiger partial charge in [-0.15, -0.1) is 0 Å². The highest BCUT2D eigenvalue weighted by atomic mass is 16.3. The molecule has 0 radical (unpaired) electrons.